The zero-order valence-corrected chi connectivity index (χ0v) is 30.4. The molecule has 0 atom stereocenters. The standard InChI is InChI=1S/C52H34N4/c1-3-16-35(17-4-1)45-28-14-32-49(53-45)55-47-30-9-7-22-41(47)43-26-12-24-39(51(43)55)37-20-11-21-38(34-37)40-25-13-27-44-42-23-8-10-31-48(42)56(52(40)44)50-33-15-29-46(54-50)36-18-5-2-6-19-36/h1-34H. The van der Waals surface area contributed by atoms with Crippen molar-refractivity contribution in [2.24, 2.45) is 0 Å². The number of rotatable bonds is 6. The van der Waals surface area contributed by atoms with Crippen LogP contribution in [0.2, 0.25) is 0 Å². The molecule has 0 radical (unpaired) electrons. The molecule has 0 unspecified atom stereocenters. The molecule has 0 saturated carbocycles. The van der Waals surface area contributed by atoms with Gasteiger partial charge in [0.15, 0.2) is 0 Å². The van der Waals surface area contributed by atoms with Gasteiger partial charge in [0.25, 0.3) is 0 Å². The van der Waals surface area contributed by atoms with Crippen LogP contribution < -0.4 is 0 Å². The molecule has 0 fully saturated rings. The normalized spacial score (nSPS) is 11.6. The summed E-state index contributed by atoms with van der Waals surface area (Å²) >= 11 is 0. The van der Waals surface area contributed by atoms with Gasteiger partial charge in [-0.05, 0) is 53.6 Å². The van der Waals surface area contributed by atoms with Crippen molar-refractivity contribution in [1.29, 1.82) is 0 Å². The first-order valence-corrected chi connectivity index (χ1v) is 19.0. The lowest BCUT2D eigenvalue weighted by Gasteiger charge is -2.14. The van der Waals surface area contributed by atoms with Crippen LogP contribution in [0.5, 0.6) is 0 Å². The van der Waals surface area contributed by atoms with E-state index in [1.54, 1.807) is 0 Å². The van der Waals surface area contributed by atoms with Crippen LogP contribution in [-0.4, -0.2) is 19.1 Å². The summed E-state index contributed by atoms with van der Waals surface area (Å²) in [5.74, 6) is 1.78. The molecule has 262 valence electrons. The van der Waals surface area contributed by atoms with Crippen LogP contribution in [0.4, 0.5) is 0 Å². The fourth-order valence-corrected chi connectivity index (χ4v) is 8.47. The minimum absolute atomic E-state index is 0.890. The Hall–Kier alpha value is -7.56. The summed E-state index contributed by atoms with van der Waals surface area (Å²) in [6, 6.07) is 73.0. The van der Waals surface area contributed by atoms with E-state index >= 15 is 0 Å². The van der Waals surface area contributed by atoms with Crippen molar-refractivity contribution in [3.63, 3.8) is 0 Å². The van der Waals surface area contributed by atoms with E-state index in [1.165, 1.54) is 21.5 Å². The molecule has 0 amide bonds. The van der Waals surface area contributed by atoms with E-state index in [1.807, 2.05) is 12.1 Å². The summed E-state index contributed by atoms with van der Waals surface area (Å²) in [4.78, 5) is 10.5. The molecule has 4 heteroatoms. The molecular weight excluding hydrogens is 681 g/mol. The summed E-state index contributed by atoms with van der Waals surface area (Å²) in [5.41, 5.74) is 13.2. The summed E-state index contributed by atoms with van der Waals surface area (Å²) in [6.07, 6.45) is 0. The van der Waals surface area contributed by atoms with Crippen molar-refractivity contribution >= 4 is 43.6 Å². The third-order valence-electron chi connectivity index (χ3n) is 10.9. The number of hydrogen-bond acceptors (Lipinski definition) is 2. The predicted molar refractivity (Wildman–Crippen MR) is 232 cm³/mol. The number of para-hydroxylation sites is 4. The quantitative estimate of drug-likeness (QED) is 0.172. The molecule has 0 aliphatic heterocycles. The first-order chi connectivity index (χ1) is 27.8. The minimum atomic E-state index is 0.890. The van der Waals surface area contributed by atoms with Crippen molar-refractivity contribution in [2.45, 2.75) is 0 Å². The summed E-state index contributed by atoms with van der Waals surface area (Å²) in [7, 11) is 0. The molecule has 11 rings (SSSR count). The zero-order valence-electron chi connectivity index (χ0n) is 30.4. The fourth-order valence-electron chi connectivity index (χ4n) is 8.47. The third-order valence-corrected chi connectivity index (χ3v) is 10.9. The summed E-state index contributed by atoms with van der Waals surface area (Å²) in [6.45, 7) is 0. The number of pyridine rings is 2. The second-order valence-corrected chi connectivity index (χ2v) is 14.2. The number of hydrogen-bond donors (Lipinski definition) is 0. The molecule has 0 bridgehead atoms. The first-order valence-electron chi connectivity index (χ1n) is 19.0. The highest BCUT2D eigenvalue weighted by molar-refractivity contribution is 6.15. The number of benzene rings is 7. The molecule has 0 aliphatic carbocycles. The lowest BCUT2D eigenvalue weighted by molar-refractivity contribution is 1.08. The number of fused-ring (bicyclic) bond motifs is 6. The Morgan fingerprint density at radius 3 is 1.14 bits per heavy atom. The Labute approximate surface area is 324 Å². The van der Waals surface area contributed by atoms with Crippen LogP contribution in [0.1, 0.15) is 0 Å². The van der Waals surface area contributed by atoms with E-state index in [4.69, 9.17) is 9.97 Å². The molecular formula is C52H34N4. The molecule has 0 spiro atoms. The van der Waals surface area contributed by atoms with Gasteiger partial charge >= 0.3 is 0 Å². The van der Waals surface area contributed by atoms with Crippen LogP contribution in [0.3, 0.4) is 0 Å². The van der Waals surface area contributed by atoms with Gasteiger partial charge in [0.1, 0.15) is 11.6 Å². The number of nitrogens with zero attached hydrogens (tertiary/aromatic N) is 4. The lowest BCUT2D eigenvalue weighted by atomic mass is 9.96. The van der Waals surface area contributed by atoms with Gasteiger partial charge in [-0.2, -0.15) is 0 Å². The van der Waals surface area contributed by atoms with E-state index in [0.29, 0.717) is 0 Å². The smallest absolute Gasteiger partial charge is 0.138 e. The highest BCUT2D eigenvalue weighted by Gasteiger charge is 2.20. The second-order valence-electron chi connectivity index (χ2n) is 14.2. The van der Waals surface area contributed by atoms with E-state index in [-0.39, 0.29) is 0 Å². The third kappa shape index (κ3) is 5.15. The fraction of sp³-hybridized carbons (Fsp3) is 0. The largest absolute Gasteiger partial charge is 0.293 e. The van der Waals surface area contributed by atoms with Crippen LogP contribution >= 0.6 is 0 Å². The molecule has 0 aliphatic rings. The van der Waals surface area contributed by atoms with Crippen molar-refractivity contribution in [1.82, 2.24) is 19.1 Å². The van der Waals surface area contributed by atoms with Crippen LogP contribution in [0.25, 0.3) is 100 Å². The molecule has 4 heterocycles. The van der Waals surface area contributed by atoms with E-state index in [9.17, 15) is 0 Å². The first kappa shape index (κ1) is 31.9. The Morgan fingerprint density at radius 1 is 0.286 bits per heavy atom. The average molecular weight is 715 g/mol. The highest BCUT2D eigenvalue weighted by atomic mass is 15.1. The highest BCUT2D eigenvalue weighted by Crippen LogP contribution is 2.42. The van der Waals surface area contributed by atoms with Crippen LogP contribution in [-0.2, 0) is 0 Å². The van der Waals surface area contributed by atoms with Gasteiger partial charge in [0, 0.05) is 43.8 Å². The van der Waals surface area contributed by atoms with E-state index in [0.717, 1.165) is 78.5 Å². The Kier molecular flexibility index (Phi) is 7.46. The van der Waals surface area contributed by atoms with Gasteiger partial charge in [-0.3, -0.25) is 9.13 Å². The maximum atomic E-state index is 5.26. The molecule has 0 N–H and O–H groups in total. The van der Waals surface area contributed by atoms with Gasteiger partial charge in [-0.25, -0.2) is 9.97 Å². The van der Waals surface area contributed by atoms with Crippen molar-refractivity contribution < 1.29 is 0 Å². The van der Waals surface area contributed by atoms with Crippen molar-refractivity contribution in [3.8, 4) is 56.4 Å². The Morgan fingerprint density at radius 2 is 0.661 bits per heavy atom. The molecule has 0 saturated heterocycles. The van der Waals surface area contributed by atoms with E-state index < -0.39 is 0 Å². The SMILES string of the molecule is c1ccc(-c2cccc(-n3c4ccccc4c4cccc(-c5cccc(-c6cccc7c8ccccc8n(-c8cccc(-c9ccccc9)n8)c67)c5)c43)n2)cc1. The van der Waals surface area contributed by atoms with Crippen molar-refractivity contribution in [3.05, 3.63) is 206 Å². The lowest BCUT2D eigenvalue weighted by Crippen LogP contribution is -2.00. The molecule has 56 heavy (non-hydrogen) atoms. The van der Waals surface area contributed by atoms with Gasteiger partial charge in [-0.15, -0.1) is 0 Å². The van der Waals surface area contributed by atoms with Crippen LogP contribution in [0, 0.1) is 0 Å². The Balaban J connectivity index is 1.13. The Bertz CT molecular complexity index is 3030. The average Bonchev–Trinajstić information content (AvgIpc) is 3.81. The van der Waals surface area contributed by atoms with Gasteiger partial charge in [0.2, 0.25) is 0 Å². The van der Waals surface area contributed by atoms with Gasteiger partial charge < -0.3 is 0 Å². The van der Waals surface area contributed by atoms with E-state index in [2.05, 4.69) is 203 Å². The molecule has 11 aromatic rings. The van der Waals surface area contributed by atoms with Crippen molar-refractivity contribution in [2.75, 3.05) is 0 Å². The van der Waals surface area contributed by atoms with Gasteiger partial charge in [0.05, 0.1) is 33.5 Å². The topological polar surface area (TPSA) is 35.6 Å². The minimum Gasteiger partial charge on any atom is -0.293 e. The molecule has 4 aromatic heterocycles. The maximum Gasteiger partial charge on any atom is 0.138 e. The monoisotopic (exact) mass is 714 g/mol. The second kappa shape index (κ2) is 13.1. The maximum absolute atomic E-state index is 5.26. The summed E-state index contributed by atoms with van der Waals surface area (Å²) < 4.78 is 4.67. The predicted octanol–water partition coefficient (Wildman–Crippen LogP) is 13.3. The zero-order chi connectivity index (χ0) is 37.0. The molecule has 4 nitrogen and oxygen atoms in total. The van der Waals surface area contributed by atoms with Crippen LogP contribution in [0.15, 0.2) is 206 Å². The summed E-state index contributed by atoms with van der Waals surface area (Å²) in [5, 5.41) is 4.79. The molecule has 7 aromatic carbocycles. The van der Waals surface area contributed by atoms with Gasteiger partial charge in [-0.1, -0.05) is 164 Å². The number of aromatic nitrogens is 4.